The largest absolute Gasteiger partial charge is 0.361 e. The average molecular weight is 245 g/mol. The van der Waals surface area contributed by atoms with Crippen molar-refractivity contribution in [1.29, 1.82) is 0 Å². The molecule has 0 saturated heterocycles. The first-order valence-electron chi connectivity index (χ1n) is 7.05. The molecule has 2 unspecified atom stereocenters. The maximum absolute atomic E-state index is 5.55. The van der Waals surface area contributed by atoms with Crippen molar-refractivity contribution in [2.75, 3.05) is 0 Å². The molecule has 3 rings (SSSR count). The van der Waals surface area contributed by atoms with Gasteiger partial charge in [0.05, 0.1) is 6.20 Å². The van der Waals surface area contributed by atoms with E-state index >= 15 is 0 Å². The molecule has 2 nitrogen and oxygen atoms in total. The quantitative estimate of drug-likeness (QED) is 0.638. The highest BCUT2D eigenvalue weighted by Gasteiger charge is 2.52. The fourth-order valence-corrected chi connectivity index (χ4v) is 4.58. The molecule has 0 bridgehead atoms. The second-order valence-electron chi connectivity index (χ2n) is 6.95. The van der Waals surface area contributed by atoms with Crippen LogP contribution in [0.5, 0.6) is 0 Å². The average Bonchev–Trinajstić information content (AvgIpc) is 2.76. The lowest BCUT2D eigenvalue weighted by molar-refractivity contribution is 0.0465. The molecule has 2 aliphatic carbocycles. The van der Waals surface area contributed by atoms with Crippen LogP contribution in [0.1, 0.15) is 58.3 Å². The van der Waals surface area contributed by atoms with Crippen LogP contribution in [-0.4, -0.2) is 5.16 Å². The number of aromatic nitrogens is 1. The molecule has 1 aromatic heterocycles. The van der Waals surface area contributed by atoms with Gasteiger partial charge < -0.3 is 4.52 Å². The Morgan fingerprint density at radius 2 is 2.11 bits per heavy atom. The zero-order valence-electron chi connectivity index (χ0n) is 11.9. The van der Waals surface area contributed by atoms with Gasteiger partial charge in [-0.15, -0.1) is 0 Å². The molecule has 0 radical (unpaired) electrons. The molecular formula is C16H23NO. The Bertz CT molecular complexity index is 497. The fraction of sp³-hybridized carbons (Fsp3) is 0.688. The van der Waals surface area contributed by atoms with E-state index < -0.39 is 0 Å². The minimum atomic E-state index is 0.123. The molecule has 0 amide bonds. The van der Waals surface area contributed by atoms with Gasteiger partial charge in [0.1, 0.15) is 5.76 Å². The molecule has 0 aliphatic heterocycles. The lowest BCUT2D eigenvalue weighted by Gasteiger charge is -2.52. The molecule has 2 aliphatic rings. The van der Waals surface area contributed by atoms with Gasteiger partial charge in [0, 0.05) is 11.0 Å². The van der Waals surface area contributed by atoms with E-state index in [2.05, 4.69) is 38.9 Å². The summed E-state index contributed by atoms with van der Waals surface area (Å²) in [5.41, 5.74) is 3.46. The van der Waals surface area contributed by atoms with Gasteiger partial charge in [0.15, 0.2) is 0 Å². The van der Waals surface area contributed by atoms with Gasteiger partial charge >= 0.3 is 0 Å². The Kier molecular flexibility index (Phi) is 2.48. The summed E-state index contributed by atoms with van der Waals surface area (Å²) in [6.45, 7) is 9.30. The number of rotatable bonds is 0. The zero-order chi connectivity index (χ0) is 13.0. The first-order valence-corrected chi connectivity index (χ1v) is 7.05. The third-order valence-electron chi connectivity index (χ3n) is 5.33. The van der Waals surface area contributed by atoms with Gasteiger partial charge in [-0.05, 0) is 43.9 Å². The number of fused-ring (bicyclic) bond motifs is 2. The molecule has 2 heteroatoms. The molecule has 0 aromatic carbocycles. The van der Waals surface area contributed by atoms with Gasteiger partial charge in [-0.25, -0.2) is 0 Å². The van der Waals surface area contributed by atoms with E-state index in [4.69, 9.17) is 4.52 Å². The van der Waals surface area contributed by atoms with Crippen molar-refractivity contribution in [2.24, 2.45) is 11.3 Å². The first-order chi connectivity index (χ1) is 8.47. The van der Waals surface area contributed by atoms with Gasteiger partial charge in [0.25, 0.3) is 0 Å². The highest BCUT2D eigenvalue weighted by atomic mass is 16.5. The lowest BCUT2D eigenvalue weighted by Crippen LogP contribution is -2.48. The Morgan fingerprint density at radius 1 is 1.33 bits per heavy atom. The summed E-state index contributed by atoms with van der Waals surface area (Å²) in [6, 6.07) is 0. The molecule has 98 valence electrons. The van der Waals surface area contributed by atoms with Gasteiger partial charge in [0.2, 0.25) is 0 Å². The van der Waals surface area contributed by atoms with E-state index in [9.17, 15) is 0 Å². The smallest absolute Gasteiger partial charge is 0.145 e. The van der Waals surface area contributed by atoms with Crippen LogP contribution in [0, 0.1) is 11.3 Å². The van der Waals surface area contributed by atoms with Gasteiger partial charge in [-0.3, -0.25) is 0 Å². The van der Waals surface area contributed by atoms with E-state index in [0.717, 1.165) is 12.2 Å². The topological polar surface area (TPSA) is 26.0 Å². The van der Waals surface area contributed by atoms with Crippen LogP contribution in [0.15, 0.2) is 22.4 Å². The highest BCUT2D eigenvalue weighted by molar-refractivity contribution is 5.32. The molecular weight excluding hydrogens is 222 g/mol. The second kappa shape index (κ2) is 3.72. The van der Waals surface area contributed by atoms with E-state index in [1.807, 2.05) is 6.20 Å². The number of allylic oxidation sites excluding steroid dienone is 2. The zero-order valence-corrected chi connectivity index (χ0v) is 11.9. The normalized spacial score (nSPS) is 36.2. The van der Waals surface area contributed by atoms with Crippen LogP contribution >= 0.6 is 0 Å². The summed E-state index contributed by atoms with van der Waals surface area (Å²) in [5.74, 6) is 1.84. The third-order valence-corrected chi connectivity index (χ3v) is 5.33. The Hall–Kier alpha value is -1.05. The molecule has 1 fully saturated rings. The minimum Gasteiger partial charge on any atom is -0.361 e. The summed E-state index contributed by atoms with van der Waals surface area (Å²) in [4.78, 5) is 0. The van der Waals surface area contributed by atoms with E-state index in [1.54, 1.807) is 5.57 Å². The van der Waals surface area contributed by atoms with Crippen molar-refractivity contribution < 1.29 is 4.52 Å². The predicted octanol–water partition coefficient (Wildman–Crippen LogP) is 4.26. The van der Waals surface area contributed by atoms with Gasteiger partial charge in [-0.1, -0.05) is 37.6 Å². The lowest BCUT2D eigenvalue weighted by atomic mass is 9.51. The number of nitrogens with zero attached hydrogens (tertiary/aromatic N) is 1. The molecule has 1 heterocycles. The molecule has 18 heavy (non-hydrogen) atoms. The standard InChI is InChI=1S/C16H23NO/c1-5-11-6-7-13-15(2,3)14-12(10-17-18-14)9-16(13,4)8-11/h5,10,13H,6-9H2,1-4H3/b11-5+. The van der Waals surface area contributed by atoms with Crippen LogP contribution in [-0.2, 0) is 11.8 Å². The van der Waals surface area contributed by atoms with Crippen molar-refractivity contribution in [3.63, 3.8) is 0 Å². The van der Waals surface area contributed by atoms with Crippen LogP contribution in [0.25, 0.3) is 0 Å². The monoisotopic (exact) mass is 245 g/mol. The van der Waals surface area contributed by atoms with Crippen LogP contribution in [0.4, 0.5) is 0 Å². The Labute approximate surface area is 109 Å². The van der Waals surface area contributed by atoms with Crippen molar-refractivity contribution in [3.05, 3.63) is 29.2 Å². The predicted molar refractivity (Wildman–Crippen MR) is 72.4 cm³/mol. The summed E-state index contributed by atoms with van der Waals surface area (Å²) in [7, 11) is 0. The molecule has 2 atom stereocenters. The highest BCUT2D eigenvalue weighted by Crippen LogP contribution is 2.57. The third kappa shape index (κ3) is 1.51. The van der Waals surface area contributed by atoms with Crippen molar-refractivity contribution in [1.82, 2.24) is 5.16 Å². The number of hydrogen-bond donors (Lipinski definition) is 0. The maximum atomic E-state index is 5.55. The first kappa shape index (κ1) is 12.0. The summed E-state index contributed by atoms with van der Waals surface area (Å²) in [5, 5.41) is 4.04. The summed E-state index contributed by atoms with van der Waals surface area (Å²) < 4.78 is 5.55. The SMILES string of the molecule is C/C=C1\CCC2C(C)(C1)Cc1cnoc1C2(C)C. The molecule has 0 spiro atoms. The summed E-state index contributed by atoms with van der Waals surface area (Å²) in [6.07, 6.45) is 9.15. The maximum Gasteiger partial charge on any atom is 0.145 e. The number of hydrogen-bond acceptors (Lipinski definition) is 2. The van der Waals surface area contributed by atoms with Crippen molar-refractivity contribution in [2.45, 2.75) is 58.8 Å². The molecule has 0 N–H and O–H groups in total. The van der Waals surface area contributed by atoms with Crippen molar-refractivity contribution in [3.8, 4) is 0 Å². The van der Waals surface area contributed by atoms with E-state index in [-0.39, 0.29) is 5.41 Å². The Balaban J connectivity index is 2.07. The van der Waals surface area contributed by atoms with Crippen LogP contribution < -0.4 is 0 Å². The molecule has 1 saturated carbocycles. The van der Waals surface area contributed by atoms with E-state index in [0.29, 0.717) is 11.3 Å². The fourth-order valence-electron chi connectivity index (χ4n) is 4.58. The van der Waals surface area contributed by atoms with Crippen molar-refractivity contribution >= 4 is 0 Å². The minimum absolute atomic E-state index is 0.123. The second-order valence-corrected chi connectivity index (χ2v) is 6.95. The van der Waals surface area contributed by atoms with Gasteiger partial charge in [-0.2, -0.15) is 0 Å². The van der Waals surface area contributed by atoms with E-state index in [1.165, 1.54) is 24.8 Å². The summed E-state index contributed by atoms with van der Waals surface area (Å²) >= 11 is 0. The Morgan fingerprint density at radius 3 is 2.83 bits per heavy atom. The molecule has 1 aromatic rings. The van der Waals surface area contributed by atoms with Crippen LogP contribution in [0.3, 0.4) is 0 Å². The van der Waals surface area contributed by atoms with Crippen LogP contribution in [0.2, 0.25) is 0 Å².